The van der Waals surface area contributed by atoms with Gasteiger partial charge < -0.3 is 14.8 Å². The van der Waals surface area contributed by atoms with Crippen LogP contribution in [0.4, 0.5) is 5.69 Å². The summed E-state index contributed by atoms with van der Waals surface area (Å²) in [5.41, 5.74) is 0.458. The maximum atomic E-state index is 12.2. The van der Waals surface area contributed by atoms with E-state index >= 15 is 0 Å². The third-order valence-electron chi connectivity index (χ3n) is 3.14. The summed E-state index contributed by atoms with van der Waals surface area (Å²) in [5.74, 6) is 0.366. The quantitative estimate of drug-likeness (QED) is 0.723. The fraction of sp³-hybridized carbons (Fsp3) is 0.267. The van der Waals surface area contributed by atoms with Gasteiger partial charge in [0.05, 0.1) is 29.4 Å². The third kappa shape index (κ3) is 4.71. The molecule has 0 spiro atoms. The zero-order valence-electron chi connectivity index (χ0n) is 13.0. The minimum atomic E-state index is -3.48. The number of halogens is 1. The van der Waals surface area contributed by atoms with Crippen molar-refractivity contribution in [1.82, 2.24) is 0 Å². The van der Waals surface area contributed by atoms with Crippen molar-refractivity contribution in [3.63, 3.8) is 0 Å². The van der Waals surface area contributed by atoms with Crippen molar-refractivity contribution in [2.75, 3.05) is 25.3 Å². The van der Waals surface area contributed by atoms with E-state index in [1.165, 1.54) is 20.3 Å². The molecule has 1 N–H and O–H groups in total. The lowest BCUT2D eigenvalue weighted by Crippen LogP contribution is -2.17. The van der Waals surface area contributed by atoms with Crippen molar-refractivity contribution in [1.29, 1.82) is 0 Å². The van der Waals surface area contributed by atoms with Crippen LogP contribution in [0.2, 0.25) is 0 Å². The Labute approximate surface area is 152 Å². The highest BCUT2D eigenvalue weighted by atomic mass is 79.9. The number of hydrogen-bond donors (Lipinski definition) is 1. The molecular formula is C15H16BrNO5S2. The number of anilines is 1. The normalized spacial score (nSPS) is 11.1. The van der Waals surface area contributed by atoms with Crippen molar-refractivity contribution in [3.8, 4) is 11.5 Å². The van der Waals surface area contributed by atoms with E-state index in [-0.39, 0.29) is 16.4 Å². The number of ether oxygens (including phenoxy) is 2. The van der Waals surface area contributed by atoms with E-state index in [1.807, 2.05) is 0 Å². The number of thiophene rings is 1. The largest absolute Gasteiger partial charge is 0.497 e. The number of carbonyl (C=O) groups excluding carboxylic acids is 1. The summed E-state index contributed by atoms with van der Waals surface area (Å²) in [7, 11) is -0.472. The highest BCUT2D eigenvalue weighted by Crippen LogP contribution is 2.30. The summed E-state index contributed by atoms with van der Waals surface area (Å²) < 4.78 is 35.6. The number of carbonyl (C=O) groups is 1. The second-order valence-electron chi connectivity index (χ2n) is 4.74. The van der Waals surface area contributed by atoms with Gasteiger partial charge in [-0.15, -0.1) is 11.3 Å². The molecular weight excluding hydrogens is 418 g/mol. The Balaban J connectivity index is 2.01. The molecule has 0 bridgehead atoms. The minimum absolute atomic E-state index is 0.146. The van der Waals surface area contributed by atoms with Crippen LogP contribution in [0.3, 0.4) is 0 Å². The monoisotopic (exact) mass is 433 g/mol. The van der Waals surface area contributed by atoms with Crippen LogP contribution in [0.5, 0.6) is 11.5 Å². The minimum Gasteiger partial charge on any atom is -0.497 e. The van der Waals surface area contributed by atoms with E-state index < -0.39 is 15.7 Å². The molecule has 1 aromatic carbocycles. The summed E-state index contributed by atoms with van der Waals surface area (Å²) in [6, 6.07) is 8.14. The van der Waals surface area contributed by atoms with E-state index in [0.717, 1.165) is 15.1 Å². The van der Waals surface area contributed by atoms with Crippen LogP contribution in [-0.4, -0.2) is 34.3 Å². The molecule has 1 amide bonds. The highest BCUT2D eigenvalue weighted by Gasteiger charge is 2.19. The number of hydrogen-bond acceptors (Lipinski definition) is 6. The Kier molecular flexibility index (Phi) is 6.25. The molecule has 0 aliphatic carbocycles. The smallest absolute Gasteiger partial charge is 0.225 e. The van der Waals surface area contributed by atoms with Crippen LogP contribution in [0, 0.1) is 0 Å². The van der Waals surface area contributed by atoms with Gasteiger partial charge in [0.25, 0.3) is 0 Å². The molecule has 0 radical (unpaired) electrons. The fourth-order valence-electron chi connectivity index (χ4n) is 1.91. The fourth-order valence-corrected chi connectivity index (χ4v) is 5.31. The number of amides is 1. The summed E-state index contributed by atoms with van der Waals surface area (Å²) in [6.45, 7) is 0. The molecule has 130 valence electrons. The van der Waals surface area contributed by atoms with Crippen LogP contribution >= 0.6 is 27.3 Å². The standard InChI is InChI=1S/C15H16BrNO5S2/c1-21-10-3-4-11(12(9-10)22-2)17-14(18)7-8-24(19,20)15-6-5-13(16)23-15/h3-6,9H,7-8H2,1-2H3,(H,17,18). The third-order valence-corrected chi connectivity index (χ3v) is 7.06. The molecule has 0 saturated carbocycles. The van der Waals surface area contributed by atoms with Crippen molar-refractivity contribution in [2.24, 2.45) is 0 Å². The lowest BCUT2D eigenvalue weighted by Gasteiger charge is -2.11. The summed E-state index contributed by atoms with van der Waals surface area (Å²) in [4.78, 5) is 12.1. The van der Waals surface area contributed by atoms with Crippen LogP contribution in [0.15, 0.2) is 38.3 Å². The number of rotatable bonds is 7. The maximum absolute atomic E-state index is 12.2. The molecule has 0 aliphatic rings. The van der Waals surface area contributed by atoms with Crippen molar-refractivity contribution in [3.05, 3.63) is 34.1 Å². The predicted molar refractivity (Wildman–Crippen MR) is 96.9 cm³/mol. The first-order valence-electron chi connectivity index (χ1n) is 6.85. The maximum Gasteiger partial charge on any atom is 0.225 e. The van der Waals surface area contributed by atoms with E-state index in [1.54, 1.807) is 24.3 Å². The van der Waals surface area contributed by atoms with Crippen molar-refractivity contribution >= 4 is 48.7 Å². The Hall–Kier alpha value is -1.58. The number of benzene rings is 1. The summed E-state index contributed by atoms with van der Waals surface area (Å²) in [5, 5.41) is 2.65. The van der Waals surface area contributed by atoms with Gasteiger partial charge >= 0.3 is 0 Å². The van der Waals surface area contributed by atoms with E-state index in [9.17, 15) is 13.2 Å². The summed E-state index contributed by atoms with van der Waals surface area (Å²) >= 11 is 4.35. The lowest BCUT2D eigenvalue weighted by atomic mass is 10.2. The van der Waals surface area contributed by atoms with E-state index in [4.69, 9.17) is 9.47 Å². The molecule has 0 saturated heterocycles. The van der Waals surface area contributed by atoms with E-state index in [2.05, 4.69) is 21.2 Å². The summed E-state index contributed by atoms with van der Waals surface area (Å²) in [6.07, 6.45) is -0.146. The molecule has 1 aromatic heterocycles. The number of methoxy groups -OCH3 is 2. The van der Waals surface area contributed by atoms with Crippen LogP contribution in [0.25, 0.3) is 0 Å². The first-order chi connectivity index (χ1) is 11.4. The second-order valence-corrected chi connectivity index (χ2v) is 9.54. The predicted octanol–water partition coefficient (Wildman–Crippen LogP) is 3.33. The molecule has 0 aliphatic heterocycles. The first-order valence-corrected chi connectivity index (χ1v) is 10.1. The molecule has 2 aromatic rings. The number of nitrogens with one attached hydrogen (secondary N) is 1. The van der Waals surface area contributed by atoms with Crippen LogP contribution in [-0.2, 0) is 14.6 Å². The van der Waals surface area contributed by atoms with Gasteiger partial charge in [-0.2, -0.15) is 0 Å². The van der Waals surface area contributed by atoms with E-state index in [0.29, 0.717) is 17.2 Å². The molecule has 24 heavy (non-hydrogen) atoms. The Morgan fingerprint density at radius 3 is 2.54 bits per heavy atom. The van der Waals surface area contributed by atoms with Crippen molar-refractivity contribution in [2.45, 2.75) is 10.6 Å². The van der Waals surface area contributed by atoms with Gasteiger partial charge in [0.2, 0.25) is 5.91 Å². The number of sulfone groups is 1. The molecule has 9 heteroatoms. The second kappa shape index (κ2) is 8.00. The van der Waals surface area contributed by atoms with Gasteiger partial charge in [0, 0.05) is 12.5 Å². The van der Waals surface area contributed by atoms with Crippen LogP contribution < -0.4 is 14.8 Å². The molecule has 0 fully saturated rings. The Morgan fingerprint density at radius 1 is 1.21 bits per heavy atom. The molecule has 6 nitrogen and oxygen atoms in total. The topological polar surface area (TPSA) is 81.7 Å². The first kappa shape index (κ1) is 18.8. The molecule has 2 rings (SSSR count). The SMILES string of the molecule is COc1ccc(NC(=O)CCS(=O)(=O)c2ccc(Br)s2)c(OC)c1. The zero-order valence-corrected chi connectivity index (χ0v) is 16.3. The average molecular weight is 434 g/mol. The van der Waals surface area contributed by atoms with Gasteiger partial charge in [-0.1, -0.05) is 0 Å². The van der Waals surface area contributed by atoms with Gasteiger partial charge in [-0.25, -0.2) is 8.42 Å². The molecule has 1 heterocycles. The van der Waals surface area contributed by atoms with Gasteiger partial charge in [-0.05, 0) is 40.2 Å². The lowest BCUT2D eigenvalue weighted by molar-refractivity contribution is -0.115. The van der Waals surface area contributed by atoms with Gasteiger partial charge in [0.1, 0.15) is 15.7 Å². The average Bonchev–Trinajstić information content (AvgIpc) is 3.01. The molecule has 0 atom stereocenters. The van der Waals surface area contributed by atoms with Crippen LogP contribution in [0.1, 0.15) is 6.42 Å². The van der Waals surface area contributed by atoms with Gasteiger partial charge in [0.15, 0.2) is 9.84 Å². The Bertz CT molecular complexity index is 832. The molecule has 0 unspecified atom stereocenters. The van der Waals surface area contributed by atoms with Gasteiger partial charge in [-0.3, -0.25) is 4.79 Å². The van der Waals surface area contributed by atoms with Crippen molar-refractivity contribution < 1.29 is 22.7 Å². The Morgan fingerprint density at radius 2 is 1.96 bits per heavy atom. The highest BCUT2D eigenvalue weighted by molar-refractivity contribution is 9.11. The zero-order chi connectivity index (χ0) is 17.7.